The monoisotopic (exact) mass is 166 g/mol. The number of ketones is 2. The van der Waals surface area contributed by atoms with Crippen molar-refractivity contribution in [1.82, 2.24) is 0 Å². The van der Waals surface area contributed by atoms with Crippen molar-refractivity contribution in [3.05, 3.63) is 11.1 Å². The van der Waals surface area contributed by atoms with E-state index in [0.29, 0.717) is 12.8 Å². The third-order valence-corrected chi connectivity index (χ3v) is 2.39. The first-order valence-electron chi connectivity index (χ1n) is 4.49. The molecule has 0 radical (unpaired) electrons. The second-order valence-electron chi connectivity index (χ2n) is 3.04. The van der Waals surface area contributed by atoms with Crippen molar-refractivity contribution in [3.63, 3.8) is 0 Å². The smallest absolute Gasteiger partial charge is 0.224 e. The standard InChI is InChI=1S/C10H14O2/c1-3-7-5-6-9(11)10(12)8(7)4-2/h3-6H2,1-2H3. The van der Waals surface area contributed by atoms with Crippen LogP contribution in [0.15, 0.2) is 11.1 Å². The lowest BCUT2D eigenvalue weighted by Crippen LogP contribution is -2.22. The molecule has 0 saturated carbocycles. The van der Waals surface area contributed by atoms with E-state index in [9.17, 15) is 9.59 Å². The minimum atomic E-state index is -0.236. The van der Waals surface area contributed by atoms with Gasteiger partial charge >= 0.3 is 0 Å². The van der Waals surface area contributed by atoms with Crippen LogP contribution in [0.2, 0.25) is 0 Å². The Kier molecular flexibility index (Phi) is 2.79. The third kappa shape index (κ3) is 1.47. The molecule has 0 N–H and O–H groups in total. The van der Waals surface area contributed by atoms with E-state index >= 15 is 0 Å². The summed E-state index contributed by atoms with van der Waals surface area (Å²) in [4.78, 5) is 22.4. The summed E-state index contributed by atoms with van der Waals surface area (Å²) in [5.41, 5.74) is 1.95. The third-order valence-electron chi connectivity index (χ3n) is 2.39. The highest BCUT2D eigenvalue weighted by molar-refractivity contribution is 6.44. The van der Waals surface area contributed by atoms with Gasteiger partial charge in [0.15, 0.2) is 0 Å². The molecule has 0 aliphatic heterocycles. The van der Waals surface area contributed by atoms with Crippen LogP contribution in [0.5, 0.6) is 0 Å². The van der Waals surface area contributed by atoms with E-state index in [4.69, 9.17) is 0 Å². The molecule has 0 aromatic heterocycles. The number of hydrogen-bond acceptors (Lipinski definition) is 2. The van der Waals surface area contributed by atoms with Gasteiger partial charge in [-0.2, -0.15) is 0 Å². The van der Waals surface area contributed by atoms with Gasteiger partial charge < -0.3 is 0 Å². The maximum absolute atomic E-state index is 11.3. The van der Waals surface area contributed by atoms with Crippen LogP contribution in [0, 0.1) is 0 Å². The Balaban J connectivity index is 2.99. The molecular formula is C10H14O2. The molecule has 0 spiro atoms. The molecule has 0 atom stereocenters. The van der Waals surface area contributed by atoms with Crippen LogP contribution in [-0.2, 0) is 9.59 Å². The number of Topliss-reactive ketones (excluding diaryl/α,β-unsaturated/α-hetero) is 2. The zero-order valence-electron chi connectivity index (χ0n) is 7.64. The van der Waals surface area contributed by atoms with Gasteiger partial charge in [-0.25, -0.2) is 0 Å². The van der Waals surface area contributed by atoms with Crippen molar-refractivity contribution in [3.8, 4) is 0 Å². The number of allylic oxidation sites excluding steroid dienone is 2. The van der Waals surface area contributed by atoms with Gasteiger partial charge in [0, 0.05) is 12.0 Å². The molecule has 0 amide bonds. The summed E-state index contributed by atoms with van der Waals surface area (Å²) in [5, 5.41) is 0. The van der Waals surface area contributed by atoms with E-state index in [-0.39, 0.29) is 11.6 Å². The molecule has 1 aliphatic carbocycles. The molecule has 12 heavy (non-hydrogen) atoms. The van der Waals surface area contributed by atoms with Crippen LogP contribution in [0.4, 0.5) is 0 Å². The average molecular weight is 166 g/mol. The van der Waals surface area contributed by atoms with Gasteiger partial charge in [-0.05, 0) is 19.3 Å². The summed E-state index contributed by atoms with van der Waals surface area (Å²) in [6.07, 6.45) is 2.83. The predicted octanol–water partition coefficient (Wildman–Crippen LogP) is 2.04. The summed E-state index contributed by atoms with van der Waals surface area (Å²) >= 11 is 0. The average Bonchev–Trinajstić information content (AvgIpc) is 2.09. The molecule has 0 fully saturated rings. The Morgan fingerprint density at radius 2 is 1.75 bits per heavy atom. The molecule has 0 bridgehead atoms. The molecule has 0 unspecified atom stereocenters. The second kappa shape index (κ2) is 3.65. The number of hydrogen-bond donors (Lipinski definition) is 0. The Morgan fingerprint density at radius 1 is 1.08 bits per heavy atom. The zero-order chi connectivity index (χ0) is 9.14. The van der Waals surface area contributed by atoms with E-state index in [1.807, 2.05) is 13.8 Å². The Labute approximate surface area is 72.7 Å². The number of carbonyl (C=O) groups is 2. The predicted molar refractivity (Wildman–Crippen MR) is 46.9 cm³/mol. The van der Waals surface area contributed by atoms with Crippen molar-refractivity contribution < 1.29 is 9.59 Å². The minimum absolute atomic E-state index is 0.205. The van der Waals surface area contributed by atoms with Gasteiger partial charge in [0.25, 0.3) is 0 Å². The fourth-order valence-electron chi connectivity index (χ4n) is 1.66. The summed E-state index contributed by atoms with van der Waals surface area (Å²) in [5.74, 6) is -0.440. The summed E-state index contributed by atoms with van der Waals surface area (Å²) in [6, 6.07) is 0. The van der Waals surface area contributed by atoms with Crippen molar-refractivity contribution >= 4 is 11.6 Å². The minimum Gasteiger partial charge on any atom is -0.290 e. The van der Waals surface area contributed by atoms with Crippen LogP contribution in [0.1, 0.15) is 39.5 Å². The highest BCUT2D eigenvalue weighted by Gasteiger charge is 2.24. The van der Waals surface area contributed by atoms with Crippen LogP contribution in [-0.4, -0.2) is 11.6 Å². The number of rotatable bonds is 2. The van der Waals surface area contributed by atoms with E-state index in [1.54, 1.807) is 0 Å². The lowest BCUT2D eigenvalue weighted by Gasteiger charge is -2.15. The summed E-state index contributed by atoms with van der Waals surface area (Å²) in [7, 11) is 0. The fourth-order valence-corrected chi connectivity index (χ4v) is 1.66. The first kappa shape index (κ1) is 9.17. The lowest BCUT2D eigenvalue weighted by molar-refractivity contribution is -0.135. The van der Waals surface area contributed by atoms with E-state index < -0.39 is 0 Å². The van der Waals surface area contributed by atoms with Crippen LogP contribution in [0.3, 0.4) is 0 Å². The molecule has 2 nitrogen and oxygen atoms in total. The molecule has 0 heterocycles. The quantitative estimate of drug-likeness (QED) is 0.588. The van der Waals surface area contributed by atoms with E-state index in [2.05, 4.69) is 0 Å². The second-order valence-corrected chi connectivity index (χ2v) is 3.04. The van der Waals surface area contributed by atoms with Crippen molar-refractivity contribution in [2.75, 3.05) is 0 Å². The van der Waals surface area contributed by atoms with Crippen LogP contribution >= 0.6 is 0 Å². The fraction of sp³-hybridized carbons (Fsp3) is 0.600. The van der Waals surface area contributed by atoms with Crippen LogP contribution < -0.4 is 0 Å². The largest absolute Gasteiger partial charge is 0.290 e. The van der Waals surface area contributed by atoms with Gasteiger partial charge in [-0.1, -0.05) is 19.4 Å². The Hall–Kier alpha value is -0.920. The van der Waals surface area contributed by atoms with Gasteiger partial charge in [0.1, 0.15) is 0 Å². The lowest BCUT2D eigenvalue weighted by atomic mass is 9.87. The molecule has 0 saturated heterocycles. The Morgan fingerprint density at radius 3 is 2.25 bits per heavy atom. The molecule has 66 valence electrons. The first-order chi connectivity index (χ1) is 5.70. The van der Waals surface area contributed by atoms with Gasteiger partial charge in [0.2, 0.25) is 11.6 Å². The van der Waals surface area contributed by atoms with E-state index in [0.717, 1.165) is 18.4 Å². The molecule has 2 heteroatoms. The molecule has 0 aromatic carbocycles. The number of carbonyl (C=O) groups excluding carboxylic acids is 2. The van der Waals surface area contributed by atoms with Crippen molar-refractivity contribution in [2.45, 2.75) is 39.5 Å². The van der Waals surface area contributed by atoms with Crippen molar-refractivity contribution in [1.29, 1.82) is 0 Å². The van der Waals surface area contributed by atoms with Gasteiger partial charge in [-0.15, -0.1) is 0 Å². The van der Waals surface area contributed by atoms with E-state index in [1.165, 1.54) is 5.57 Å². The maximum atomic E-state index is 11.3. The summed E-state index contributed by atoms with van der Waals surface area (Å²) in [6.45, 7) is 3.97. The molecular weight excluding hydrogens is 152 g/mol. The topological polar surface area (TPSA) is 34.1 Å². The molecule has 0 aromatic rings. The normalized spacial score (nSPS) is 18.8. The molecule has 1 rings (SSSR count). The van der Waals surface area contributed by atoms with Crippen LogP contribution in [0.25, 0.3) is 0 Å². The highest BCUT2D eigenvalue weighted by atomic mass is 16.2. The maximum Gasteiger partial charge on any atom is 0.224 e. The summed E-state index contributed by atoms with van der Waals surface area (Å²) < 4.78 is 0. The zero-order valence-corrected chi connectivity index (χ0v) is 7.64. The first-order valence-corrected chi connectivity index (χ1v) is 4.49. The Bertz CT molecular complexity index is 249. The van der Waals surface area contributed by atoms with Gasteiger partial charge in [0.05, 0.1) is 0 Å². The SMILES string of the molecule is CCC1=C(CC)C(=O)C(=O)CC1. The van der Waals surface area contributed by atoms with Gasteiger partial charge in [-0.3, -0.25) is 9.59 Å². The van der Waals surface area contributed by atoms with Crippen molar-refractivity contribution in [2.24, 2.45) is 0 Å². The highest BCUT2D eigenvalue weighted by Crippen LogP contribution is 2.24. The molecule has 1 aliphatic rings.